The number of carbonyl (C=O) groups excluding carboxylic acids is 1. The zero-order chi connectivity index (χ0) is 19.8. The maximum atomic E-state index is 11.9. The van der Waals surface area contributed by atoms with Crippen molar-refractivity contribution in [3.8, 4) is 5.75 Å². The standard InChI is InChI=1S/C19H23N3O5/c1-14-6-5-7-15(2)19(14)27-13-17(23)20-10-3-4-11-21-12-16(22(25)26)8-9-18(21)24/h5-9,12H,3-4,10-11,13H2,1-2H3,(H,20,23). The smallest absolute Gasteiger partial charge is 0.285 e. The van der Waals surface area contributed by atoms with Crippen molar-refractivity contribution in [1.82, 2.24) is 9.88 Å². The number of para-hydroxylation sites is 1. The molecule has 0 bridgehead atoms. The molecule has 0 unspecified atom stereocenters. The van der Waals surface area contributed by atoms with Crippen LogP contribution in [0.2, 0.25) is 0 Å². The quantitative estimate of drug-likeness (QED) is 0.413. The summed E-state index contributed by atoms with van der Waals surface area (Å²) in [4.78, 5) is 33.8. The van der Waals surface area contributed by atoms with Crippen LogP contribution in [-0.4, -0.2) is 28.5 Å². The van der Waals surface area contributed by atoms with E-state index >= 15 is 0 Å². The number of amides is 1. The maximum Gasteiger partial charge on any atom is 0.285 e. The third kappa shape index (κ3) is 5.95. The highest BCUT2D eigenvalue weighted by Gasteiger charge is 2.08. The van der Waals surface area contributed by atoms with Gasteiger partial charge < -0.3 is 14.6 Å². The van der Waals surface area contributed by atoms with Gasteiger partial charge in [-0.3, -0.25) is 19.7 Å². The zero-order valence-electron chi connectivity index (χ0n) is 15.4. The molecule has 0 saturated heterocycles. The third-order valence-electron chi connectivity index (χ3n) is 4.08. The Balaban J connectivity index is 1.71. The second kappa shape index (κ2) is 9.51. The van der Waals surface area contributed by atoms with E-state index in [1.165, 1.54) is 22.9 Å². The van der Waals surface area contributed by atoms with Gasteiger partial charge >= 0.3 is 0 Å². The first-order valence-corrected chi connectivity index (χ1v) is 8.69. The van der Waals surface area contributed by atoms with E-state index in [9.17, 15) is 19.7 Å². The molecule has 1 amide bonds. The van der Waals surface area contributed by atoms with E-state index in [0.29, 0.717) is 25.9 Å². The second-order valence-electron chi connectivity index (χ2n) is 6.24. The van der Waals surface area contributed by atoms with Crippen molar-refractivity contribution in [3.05, 3.63) is 68.1 Å². The molecule has 1 heterocycles. The fourth-order valence-corrected chi connectivity index (χ4v) is 2.65. The molecule has 1 aromatic heterocycles. The highest BCUT2D eigenvalue weighted by atomic mass is 16.6. The number of pyridine rings is 1. The normalized spacial score (nSPS) is 10.4. The number of nitrogens with zero attached hydrogens (tertiary/aromatic N) is 2. The summed E-state index contributed by atoms with van der Waals surface area (Å²) in [5, 5.41) is 13.5. The van der Waals surface area contributed by atoms with Crippen LogP contribution in [0.3, 0.4) is 0 Å². The summed E-state index contributed by atoms with van der Waals surface area (Å²) in [5.74, 6) is 0.503. The summed E-state index contributed by atoms with van der Waals surface area (Å²) in [5.41, 5.74) is 1.55. The van der Waals surface area contributed by atoms with Gasteiger partial charge in [-0.05, 0) is 37.8 Å². The first kappa shape index (κ1) is 20.2. The molecule has 2 aromatic rings. The first-order chi connectivity index (χ1) is 12.9. The molecule has 0 aliphatic rings. The number of nitro groups is 1. The number of aromatic nitrogens is 1. The molecule has 2 rings (SSSR count). The SMILES string of the molecule is Cc1cccc(C)c1OCC(=O)NCCCCn1cc([N+](=O)[O-])ccc1=O. The number of nitrogens with one attached hydrogen (secondary N) is 1. The van der Waals surface area contributed by atoms with Gasteiger partial charge in [-0.15, -0.1) is 0 Å². The molecule has 0 aliphatic carbocycles. The van der Waals surface area contributed by atoms with E-state index < -0.39 is 4.92 Å². The van der Waals surface area contributed by atoms with Crippen LogP contribution in [0.5, 0.6) is 5.75 Å². The fourth-order valence-electron chi connectivity index (χ4n) is 2.65. The van der Waals surface area contributed by atoms with Crippen molar-refractivity contribution in [2.24, 2.45) is 0 Å². The Hall–Kier alpha value is -3.16. The average molecular weight is 373 g/mol. The predicted octanol–water partition coefficient (Wildman–Crippen LogP) is 2.35. The van der Waals surface area contributed by atoms with Gasteiger partial charge in [-0.1, -0.05) is 18.2 Å². The van der Waals surface area contributed by atoms with Gasteiger partial charge in [-0.2, -0.15) is 0 Å². The average Bonchev–Trinajstić information content (AvgIpc) is 2.62. The lowest BCUT2D eigenvalue weighted by atomic mass is 10.1. The number of rotatable bonds is 9. The Morgan fingerprint density at radius 2 is 1.89 bits per heavy atom. The maximum absolute atomic E-state index is 11.9. The molecule has 0 saturated carbocycles. The van der Waals surface area contributed by atoms with Crippen molar-refractivity contribution in [2.45, 2.75) is 33.2 Å². The molecular formula is C19H23N3O5. The van der Waals surface area contributed by atoms with Gasteiger partial charge in [0.15, 0.2) is 6.61 Å². The first-order valence-electron chi connectivity index (χ1n) is 8.69. The van der Waals surface area contributed by atoms with E-state index in [0.717, 1.165) is 16.9 Å². The molecule has 27 heavy (non-hydrogen) atoms. The van der Waals surface area contributed by atoms with E-state index in [1.807, 2.05) is 32.0 Å². The van der Waals surface area contributed by atoms with Crippen LogP contribution in [0.1, 0.15) is 24.0 Å². The molecule has 0 aliphatic heterocycles. The van der Waals surface area contributed by atoms with Gasteiger partial charge in [0.1, 0.15) is 5.75 Å². The summed E-state index contributed by atoms with van der Waals surface area (Å²) in [6.45, 7) is 4.59. The third-order valence-corrected chi connectivity index (χ3v) is 4.08. The van der Waals surface area contributed by atoms with Gasteiger partial charge in [0.2, 0.25) is 0 Å². The Bertz CT molecular complexity index is 856. The lowest BCUT2D eigenvalue weighted by molar-refractivity contribution is -0.385. The minimum atomic E-state index is -0.535. The Morgan fingerprint density at radius 3 is 2.56 bits per heavy atom. The number of hydrogen-bond acceptors (Lipinski definition) is 5. The van der Waals surface area contributed by atoms with Crippen LogP contribution in [0.25, 0.3) is 0 Å². The van der Waals surface area contributed by atoms with Crippen LogP contribution in [0.4, 0.5) is 5.69 Å². The van der Waals surface area contributed by atoms with E-state index in [2.05, 4.69) is 5.32 Å². The molecule has 144 valence electrons. The molecule has 0 fully saturated rings. The largest absolute Gasteiger partial charge is 0.483 e. The summed E-state index contributed by atoms with van der Waals surface area (Å²) >= 11 is 0. The summed E-state index contributed by atoms with van der Waals surface area (Å²) in [6, 6.07) is 8.16. The molecule has 0 spiro atoms. The number of ether oxygens (including phenoxy) is 1. The van der Waals surface area contributed by atoms with Crippen LogP contribution in [0.15, 0.2) is 41.3 Å². The van der Waals surface area contributed by atoms with Crippen molar-refractivity contribution in [3.63, 3.8) is 0 Å². The van der Waals surface area contributed by atoms with Crippen molar-refractivity contribution < 1.29 is 14.5 Å². The Kier molecular flexibility index (Phi) is 7.10. The van der Waals surface area contributed by atoms with E-state index in [1.54, 1.807) is 0 Å². The molecule has 1 N–H and O–H groups in total. The van der Waals surface area contributed by atoms with Gasteiger partial charge in [-0.25, -0.2) is 0 Å². The molecule has 8 heteroatoms. The van der Waals surface area contributed by atoms with Crippen molar-refractivity contribution in [1.29, 1.82) is 0 Å². The highest BCUT2D eigenvalue weighted by molar-refractivity contribution is 5.77. The molecule has 1 aromatic carbocycles. The monoisotopic (exact) mass is 373 g/mol. The molecule has 8 nitrogen and oxygen atoms in total. The highest BCUT2D eigenvalue weighted by Crippen LogP contribution is 2.21. The molecular weight excluding hydrogens is 350 g/mol. The fraction of sp³-hybridized carbons (Fsp3) is 0.368. The molecule has 0 radical (unpaired) electrons. The lowest BCUT2D eigenvalue weighted by Gasteiger charge is -2.12. The zero-order valence-corrected chi connectivity index (χ0v) is 15.4. The number of carbonyl (C=O) groups is 1. The minimum absolute atomic E-state index is 0.0595. The number of unbranched alkanes of at least 4 members (excludes halogenated alkanes) is 1. The van der Waals surface area contributed by atoms with Crippen LogP contribution < -0.4 is 15.6 Å². The van der Waals surface area contributed by atoms with Crippen LogP contribution in [-0.2, 0) is 11.3 Å². The van der Waals surface area contributed by atoms with Crippen LogP contribution in [0, 0.1) is 24.0 Å². The summed E-state index contributed by atoms with van der Waals surface area (Å²) < 4.78 is 6.90. The van der Waals surface area contributed by atoms with E-state index in [-0.39, 0.29) is 23.8 Å². The van der Waals surface area contributed by atoms with Gasteiger partial charge in [0, 0.05) is 25.2 Å². The summed E-state index contributed by atoms with van der Waals surface area (Å²) in [7, 11) is 0. The predicted molar refractivity (Wildman–Crippen MR) is 101 cm³/mol. The Labute approximate surface area is 156 Å². The summed E-state index contributed by atoms with van der Waals surface area (Å²) in [6.07, 6.45) is 2.49. The van der Waals surface area contributed by atoms with Gasteiger partial charge in [0.05, 0.1) is 11.1 Å². The lowest BCUT2D eigenvalue weighted by Crippen LogP contribution is -2.30. The molecule has 0 atom stereocenters. The Morgan fingerprint density at radius 1 is 1.19 bits per heavy atom. The van der Waals surface area contributed by atoms with Crippen molar-refractivity contribution >= 4 is 11.6 Å². The van der Waals surface area contributed by atoms with Gasteiger partial charge in [0.25, 0.3) is 17.2 Å². The van der Waals surface area contributed by atoms with Crippen LogP contribution >= 0.6 is 0 Å². The second-order valence-corrected chi connectivity index (χ2v) is 6.24. The minimum Gasteiger partial charge on any atom is -0.483 e. The van der Waals surface area contributed by atoms with E-state index in [4.69, 9.17) is 4.74 Å². The number of benzene rings is 1. The van der Waals surface area contributed by atoms with Crippen molar-refractivity contribution in [2.75, 3.05) is 13.2 Å². The number of hydrogen-bond donors (Lipinski definition) is 1. The topological polar surface area (TPSA) is 103 Å². The number of aryl methyl sites for hydroxylation is 3.